The van der Waals surface area contributed by atoms with E-state index < -0.39 is 0 Å². The highest BCUT2D eigenvalue weighted by Crippen LogP contribution is 2.23. The van der Waals surface area contributed by atoms with Crippen LogP contribution in [0.3, 0.4) is 0 Å². The average molecular weight is 353 g/mol. The number of amides is 1. The molecule has 2 aromatic rings. The molecule has 0 bridgehead atoms. The molecule has 0 saturated carbocycles. The van der Waals surface area contributed by atoms with Gasteiger partial charge in [-0.15, -0.1) is 5.10 Å². The second kappa shape index (κ2) is 7.98. The van der Waals surface area contributed by atoms with E-state index in [0.717, 1.165) is 22.6 Å². The van der Waals surface area contributed by atoms with Crippen LogP contribution in [0.5, 0.6) is 5.75 Å². The van der Waals surface area contributed by atoms with Crippen molar-refractivity contribution in [1.29, 1.82) is 0 Å². The van der Waals surface area contributed by atoms with Gasteiger partial charge in [0, 0.05) is 0 Å². The lowest BCUT2D eigenvalue weighted by molar-refractivity contribution is -0.118. The Balaban J connectivity index is 1.66. The van der Waals surface area contributed by atoms with E-state index >= 15 is 0 Å². The molecule has 1 N–H and O–H groups in total. The van der Waals surface area contributed by atoms with Gasteiger partial charge in [0.1, 0.15) is 5.75 Å². The number of nitrogens with one attached hydrogen (secondary N) is 1. The Morgan fingerprint density at radius 2 is 1.88 bits per heavy atom. The standard InChI is InChI=1S/C19H19N3O2S/c1-13(15-8-10-16(24-2)11-9-15)21-22-19-20-18(23)17(25-19)12-14-6-4-3-5-7-14/h3-11,17H,12H2,1-2H3,(H,20,22,23)/b21-13+/t17-/m0/s1. The number of nitrogens with zero attached hydrogens (tertiary/aromatic N) is 2. The second-order valence-electron chi connectivity index (χ2n) is 5.60. The van der Waals surface area contributed by atoms with Crippen molar-refractivity contribution in [2.75, 3.05) is 7.11 Å². The fourth-order valence-corrected chi connectivity index (χ4v) is 3.38. The summed E-state index contributed by atoms with van der Waals surface area (Å²) < 4.78 is 5.14. The summed E-state index contributed by atoms with van der Waals surface area (Å²) in [6.07, 6.45) is 0.678. The minimum absolute atomic E-state index is 0.0232. The first-order chi connectivity index (χ1) is 12.2. The summed E-state index contributed by atoms with van der Waals surface area (Å²) in [7, 11) is 1.63. The summed E-state index contributed by atoms with van der Waals surface area (Å²) in [5.74, 6) is 0.773. The van der Waals surface area contributed by atoms with E-state index in [0.29, 0.717) is 11.6 Å². The van der Waals surface area contributed by atoms with Crippen molar-refractivity contribution in [3.05, 3.63) is 65.7 Å². The van der Waals surface area contributed by atoms with Gasteiger partial charge in [-0.1, -0.05) is 42.1 Å². The first kappa shape index (κ1) is 17.2. The summed E-state index contributed by atoms with van der Waals surface area (Å²) >= 11 is 1.42. The number of carbonyl (C=O) groups is 1. The van der Waals surface area contributed by atoms with Crippen LogP contribution in [0.2, 0.25) is 0 Å². The summed E-state index contributed by atoms with van der Waals surface area (Å²) in [5, 5.41) is 11.6. The Labute approximate surface area is 151 Å². The van der Waals surface area contributed by atoms with Gasteiger partial charge in [0.25, 0.3) is 0 Å². The maximum atomic E-state index is 12.1. The van der Waals surface area contributed by atoms with Crippen molar-refractivity contribution in [1.82, 2.24) is 5.32 Å². The van der Waals surface area contributed by atoms with Crippen LogP contribution >= 0.6 is 11.8 Å². The molecule has 0 radical (unpaired) electrons. The molecule has 2 aromatic carbocycles. The van der Waals surface area contributed by atoms with Crippen LogP contribution in [0.1, 0.15) is 18.1 Å². The van der Waals surface area contributed by atoms with E-state index in [1.54, 1.807) is 7.11 Å². The molecule has 1 fully saturated rings. The summed E-state index contributed by atoms with van der Waals surface area (Å²) in [6.45, 7) is 1.88. The Morgan fingerprint density at radius 3 is 2.56 bits per heavy atom. The summed E-state index contributed by atoms with van der Waals surface area (Å²) in [4.78, 5) is 12.1. The highest BCUT2D eigenvalue weighted by molar-refractivity contribution is 8.15. The van der Waals surface area contributed by atoms with Gasteiger partial charge >= 0.3 is 0 Å². The van der Waals surface area contributed by atoms with Gasteiger partial charge in [0.2, 0.25) is 5.91 Å². The zero-order chi connectivity index (χ0) is 17.6. The molecule has 1 saturated heterocycles. The van der Waals surface area contributed by atoms with E-state index in [4.69, 9.17) is 4.74 Å². The molecular weight excluding hydrogens is 334 g/mol. The van der Waals surface area contributed by atoms with Gasteiger partial charge in [-0.2, -0.15) is 5.10 Å². The van der Waals surface area contributed by atoms with E-state index in [1.165, 1.54) is 11.8 Å². The SMILES string of the molecule is COc1ccc(/C(C)=N/N=C2/NC(=O)[C@H](Cc3ccccc3)S2)cc1. The predicted molar refractivity (Wildman–Crippen MR) is 102 cm³/mol. The lowest BCUT2D eigenvalue weighted by atomic mass is 10.1. The van der Waals surface area contributed by atoms with Gasteiger partial charge in [-0.25, -0.2) is 0 Å². The van der Waals surface area contributed by atoms with Crippen molar-refractivity contribution in [3.8, 4) is 5.75 Å². The van der Waals surface area contributed by atoms with Crippen molar-refractivity contribution < 1.29 is 9.53 Å². The maximum Gasteiger partial charge on any atom is 0.239 e. The Hall–Kier alpha value is -2.60. The molecule has 0 spiro atoms. The number of benzene rings is 2. The van der Waals surface area contributed by atoms with Gasteiger partial charge < -0.3 is 10.1 Å². The lowest BCUT2D eigenvalue weighted by Crippen LogP contribution is -2.25. The van der Waals surface area contributed by atoms with Crippen LogP contribution in [0, 0.1) is 0 Å². The highest BCUT2D eigenvalue weighted by atomic mass is 32.2. The zero-order valence-electron chi connectivity index (χ0n) is 14.1. The van der Waals surface area contributed by atoms with E-state index in [2.05, 4.69) is 15.5 Å². The van der Waals surface area contributed by atoms with Crippen molar-refractivity contribution >= 4 is 28.5 Å². The highest BCUT2D eigenvalue weighted by Gasteiger charge is 2.30. The van der Waals surface area contributed by atoms with Crippen LogP contribution in [0.15, 0.2) is 64.8 Å². The van der Waals surface area contributed by atoms with Gasteiger partial charge in [0.05, 0.1) is 18.1 Å². The van der Waals surface area contributed by atoms with Gasteiger partial charge in [-0.05, 0) is 48.7 Å². The van der Waals surface area contributed by atoms with Crippen molar-refractivity contribution in [2.45, 2.75) is 18.6 Å². The van der Waals surface area contributed by atoms with Crippen molar-refractivity contribution in [3.63, 3.8) is 0 Å². The number of carbonyl (C=O) groups excluding carboxylic acids is 1. The molecule has 1 atom stereocenters. The van der Waals surface area contributed by atoms with Gasteiger partial charge in [-0.3, -0.25) is 4.79 Å². The fourth-order valence-electron chi connectivity index (χ4n) is 2.43. The molecule has 128 valence electrons. The second-order valence-corrected chi connectivity index (χ2v) is 6.80. The Morgan fingerprint density at radius 1 is 1.16 bits per heavy atom. The molecule has 25 heavy (non-hydrogen) atoms. The number of thioether (sulfide) groups is 1. The summed E-state index contributed by atoms with van der Waals surface area (Å²) in [6, 6.07) is 17.6. The zero-order valence-corrected chi connectivity index (χ0v) is 14.9. The fraction of sp³-hybridized carbons (Fsp3) is 0.211. The summed E-state index contributed by atoms with van der Waals surface area (Å²) in [5.41, 5.74) is 2.87. The third-order valence-corrected chi connectivity index (χ3v) is 4.91. The molecule has 1 heterocycles. The Bertz CT molecular complexity index is 801. The molecule has 0 aromatic heterocycles. The first-order valence-electron chi connectivity index (χ1n) is 7.94. The van der Waals surface area contributed by atoms with Crippen LogP contribution in [0.4, 0.5) is 0 Å². The van der Waals surface area contributed by atoms with Crippen LogP contribution < -0.4 is 10.1 Å². The number of ether oxygens (including phenoxy) is 1. The molecule has 5 nitrogen and oxygen atoms in total. The van der Waals surface area contributed by atoms with Crippen molar-refractivity contribution in [2.24, 2.45) is 10.2 Å². The minimum atomic E-state index is -0.169. The topological polar surface area (TPSA) is 63.1 Å². The lowest BCUT2D eigenvalue weighted by Gasteiger charge is -2.04. The molecule has 0 aliphatic carbocycles. The largest absolute Gasteiger partial charge is 0.497 e. The van der Waals surface area contributed by atoms with Crippen LogP contribution in [-0.4, -0.2) is 29.1 Å². The maximum absolute atomic E-state index is 12.1. The number of hydrogen-bond donors (Lipinski definition) is 1. The quantitative estimate of drug-likeness (QED) is 0.663. The molecule has 1 aliphatic rings. The number of amidine groups is 1. The minimum Gasteiger partial charge on any atom is -0.497 e. The molecule has 1 aliphatic heterocycles. The number of methoxy groups -OCH3 is 1. The van der Waals surface area contributed by atoms with E-state index in [9.17, 15) is 4.79 Å². The first-order valence-corrected chi connectivity index (χ1v) is 8.82. The van der Waals surface area contributed by atoms with Gasteiger partial charge in [0.15, 0.2) is 5.17 Å². The van der Waals surface area contributed by atoms with E-state index in [-0.39, 0.29) is 11.2 Å². The monoisotopic (exact) mass is 353 g/mol. The normalized spacial score (nSPS) is 19.1. The van der Waals surface area contributed by atoms with Crippen LogP contribution in [0.25, 0.3) is 0 Å². The van der Waals surface area contributed by atoms with Crippen LogP contribution in [-0.2, 0) is 11.2 Å². The Kier molecular flexibility index (Phi) is 5.50. The number of rotatable bonds is 5. The molecule has 0 unspecified atom stereocenters. The molecule has 1 amide bonds. The smallest absolute Gasteiger partial charge is 0.239 e. The molecule has 6 heteroatoms. The third-order valence-electron chi connectivity index (χ3n) is 3.84. The predicted octanol–water partition coefficient (Wildman–Crippen LogP) is 3.25. The molecule has 3 rings (SSSR count). The number of hydrogen-bond acceptors (Lipinski definition) is 5. The third kappa shape index (κ3) is 4.48. The van der Waals surface area contributed by atoms with E-state index in [1.807, 2.05) is 61.5 Å². The average Bonchev–Trinajstić information content (AvgIpc) is 3.00. The molecular formula is C19H19N3O2S.